The summed E-state index contributed by atoms with van der Waals surface area (Å²) in [5.41, 5.74) is 2.41. The highest BCUT2D eigenvalue weighted by Gasteiger charge is 2.69. The molecule has 234 valence electrons. The fourth-order valence-corrected chi connectivity index (χ4v) is 11.1. The highest BCUT2D eigenvalue weighted by Crippen LogP contribution is 2.69. The van der Waals surface area contributed by atoms with Crippen LogP contribution >= 0.6 is 34.7 Å². The number of anilines is 1. The second kappa shape index (κ2) is 11.6. The van der Waals surface area contributed by atoms with E-state index in [9.17, 15) is 24.0 Å². The van der Waals surface area contributed by atoms with Crippen molar-refractivity contribution < 1.29 is 29.0 Å². The number of carboxylic acid groups (broad SMARTS) is 1. The molecule has 2 aliphatic heterocycles. The van der Waals surface area contributed by atoms with Gasteiger partial charge in [0.1, 0.15) is 5.75 Å². The van der Waals surface area contributed by atoms with Crippen LogP contribution in [0.5, 0.6) is 5.75 Å². The summed E-state index contributed by atoms with van der Waals surface area (Å²) in [6.45, 7) is 1.79. The number of carboxylic acids is 1. The van der Waals surface area contributed by atoms with E-state index in [4.69, 9.17) is 21.4 Å². The number of halogens is 1. The number of likely N-dealkylation sites (tertiary alicyclic amines) is 1. The van der Waals surface area contributed by atoms with Crippen molar-refractivity contribution in [1.29, 1.82) is 0 Å². The number of carbonyl (C=O) groups excluding carboxylic acids is 3. The summed E-state index contributed by atoms with van der Waals surface area (Å²) in [6.07, 6.45) is 0.811. The molecule has 13 heteroatoms. The molecule has 3 amide bonds. The number of fused-ring (bicyclic) bond motifs is 9. The van der Waals surface area contributed by atoms with Gasteiger partial charge in [-0.15, -0.1) is 11.8 Å². The summed E-state index contributed by atoms with van der Waals surface area (Å²) in [7, 11) is 0. The molecule has 1 aromatic heterocycles. The van der Waals surface area contributed by atoms with Gasteiger partial charge in [0.15, 0.2) is 6.61 Å². The molecule has 2 aromatic carbocycles. The summed E-state index contributed by atoms with van der Waals surface area (Å²) < 4.78 is 6.13. The topological polar surface area (TPSA) is 146 Å². The molecule has 0 radical (unpaired) electrons. The Balaban J connectivity index is 1.20. The lowest BCUT2D eigenvalue weighted by atomic mass is 9.68. The Morgan fingerprint density at radius 3 is 2.64 bits per heavy atom. The Labute approximate surface area is 271 Å². The molecule has 3 aromatic rings. The zero-order valence-corrected chi connectivity index (χ0v) is 26.5. The number of imide groups is 1. The van der Waals surface area contributed by atoms with Crippen molar-refractivity contribution in [2.45, 2.75) is 42.4 Å². The predicted molar refractivity (Wildman–Crippen MR) is 169 cm³/mol. The first-order valence-corrected chi connectivity index (χ1v) is 16.9. The molecule has 2 saturated carbocycles. The van der Waals surface area contributed by atoms with Crippen LogP contribution in [0.3, 0.4) is 0 Å². The number of aliphatic carboxylic acids is 1. The van der Waals surface area contributed by atoms with Gasteiger partial charge in [0, 0.05) is 45.3 Å². The van der Waals surface area contributed by atoms with Gasteiger partial charge in [-0.3, -0.25) is 28.9 Å². The van der Waals surface area contributed by atoms with Gasteiger partial charge in [-0.05, 0) is 73.4 Å². The molecule has 10 nitrogen and oxygen atoms in total. The minimum atomic E-state index is -0.966. The fourth-order valence-electron chi connectivity index (χ4n) is 7.99. The number of aryl methyl sites for hydroxylation is 1. The first-order valence-electron chi connectivity index (χ1n) is 14.9. The standard InChI is InChI=1S/C32H30ClN3O7S2/c1-14-4-2-5-16(10-14)34-21(37)13-43-20-8-7-15(33)11-17(20)23-24-18-12-19(27(24)44-29-28(23)45-32(42)35-29)26-25(18)30(40)36(31(26)41)9-3-6-22(38)39/h2,4-5,7-8,10-11,18-19,23-27H,3,6,9,12-13H2,1H3,(H,34,37)(H,35,42)(H,38,39)/t18?,19?,23-,24?,25?,26?,27?/m1/s1. The minimum Gasteiger partial charge on any atom is -0.483 e. The fraction of sp³-hybridized carbons (Fsp3) is 0.406. The number of amides is 3. The summed E-state index contributed by atoms with van der Waals surface area (Å²) in [6, 6.07) is 12.7. The molecule has 2 aliphatic carbocycles. The average molecular weight is 668 g/mol. The SMILES string of the molecule is Cc1cccc(NC(=O)COc2ccc(Cl)cc2[C@H]2c3sc(=O)[nH]c3SC3C4CC(C5C(=O)N(CCCC(=O)O)C(=O)C45)C32)c1. The number of benzene rings is 2. The molecule has 0 spiro atoms. The van der Waals surface area contributed by atoms with E-state index in [0.717, 1.165) is 32.4 Å². The van der Waals surface area contributed by atoms with E-state index in [1.807, 2.05) is 31.2 Å². The quantitative estimate of drug-likeness (QED) is 0.277. The maximum Gasteiger partial charge on any atom is 0.305 e. The van der Waals surface area contributed by atoms with Crippen molar-refractivity contribution in [3.8, 4) is 5.75 Å². The lowest BCUT2D eigenvalue weighted by Crippen LogP contribution is -2.42. The molecule has 3 heterocycles. The zero-order chi connectivity index (χ0) is 31.6. The molecule has 6 unspecified atom stereocenters. The smallest absolute Gasteiger partial charge is 0.305 e. The summed E-state index contributed by atoms with van der Waals surface area (Å²) in [5, 5.41) is 13.1. The third-order valence-corrected chi connectivity index (χ3v) is 12.4. The molecular formula is C32H30ClN3O7S2. The molecule has 3 N–H and O–H groups in total. The monoisotopic (exact) mass is 667 g/mol. The number of rotatable bonds is 9. The predicted octanol–water partition coefficient (Wildman–Crippen LogP) is 4.75. The van der Waals surface area contributed by atoms with Crippen molar-refractivity contribution in [3.05, 3.63) is 73.2 Å². The number of H-pyrrole nitrogens is 1. The van der Waals surface area contributed by atoms with E-state index in [2.05, 4.69) is 10.3 Å². The molecule has 3 fully saturated rings. The Bertz CT molecular complexity index is 1790. The number of nitrogens with one attached hydrogen (secondary N) is 2. The highest BCUT2D eigenvalue weighted by molar-refractivity contribution is 8.00. The van der Waals surface area contributed by atoms with E-state index in [0.29, 0.717) is 22.9 Å². The lowest BCUT2D eigenvalue weighted by molar-refractivity contribution is -0.142. The second-order valence-corrected chi connectivity index (χ2v) is 14.8. The van der Waals surface area contributed by atoms with Gasteiger partial charge in [-0.2, -0.15) is 0 Å². The van der Waals surface area contributed by atoms with E-state index in [-0.39, 0.29) is 77.5 Å². The van der Waals surface area contributed by atoms with Gasteiger partial charge >= 0.3 is 10.8 Å². The van der Waals surface area contributed by atoms with Crippen molar-refractivity contribution in [1.82, 2.24) is 9.88 Å². The van der Waals surface area contributed by atoms with Crippen LogP contribution in [0.25, 0.3) is 0 Å². The third-order valence-electron chi connectivity index (χ3n) is 9.56. The Morgan fingerprint density at radius 2 is 1.89 bits per heavy atom. The van der Waals surface area contributed by atoms with Crippen LogP contribution in [0.4, 0.5) is 5.69 Å². The Hall–Kier alpha value is -3.61. The van der Waals surface area contributed by atoms with Crippen molar-refractivity contribution in [2.24, 2.45) is 29.6 Å². The maximum absolute atomic E-state index is 13.7. The summed E-state index contributed by atoms with van der Waals surface area (Å²) in [5.74, 6) is -2.83. The van der Waals surface area contributed by atoms with Crippen LogP contribution < -0.4 is 14.9 Å². The molecule has 1 saturated heterocycles. The van der Waals surface area contributed by atoms with Crippen LogP contribution in [0, 0.1) is 36.5 Å². The van der Waals surface area contributed by atoms with Gasteiger partial charge in [-0.1, -0.05) is 35.1 Å². The number of hydrogen-bond donors (Lipinski definition) is 3. The molecule has 45 heavy (non-hydrogen) atoms. The van der Waals surface area contributed by atoms with Gasteiger partial charge in [-0.25, -0.2) is 0 Å². The van der Waals surface area contributed by atoms with Crippen LogP contribution in [0.15, 0.2) is 52.3 Å². The van der Waals surface area contributed by atoms with Crippen molar-refractivity contribution in [2.75, 3.05) is 18.5 Å². The van der Waals surface area contributed by atoms with Gasteiger partial charge in [0.25, 0.3) is 5.91 Å². The highest BCUT2D eigenvalue weighted by atomic mass is 35.5. The first kappa shape index (κ1) is 30.1. The number of carbonyl (C=O) groups is 4. The normalized spacial score (nSPS) is 27.7. The van der Waals surface area contributed by atoms with Crippen LogP contribution in [0.2, 0.25) is 5.02 Å². The first-order chi connectivity index (χ1) is 21.6. The van der Waals surface area contributed by atoms with Crippen LogP contribution in [-0.4, -0.2) is 57.1 Å². The number of ether oxygens (including phenoxy) is 1. The third kappa shape index (κ3) is 5.26. The van der Waals surface area contributed by atoms with Crippen molar-refractivity contribution >= 4 is 64.1 Å². The largest absolute Gasteiger partial charge is 0.483 e. The molecule has 2 bridgehead atoms. The number of hydrogen-bond acceptors (Lipinski definition) is 8. The number of nitrogens with zero attached hydrogens (tertiary/aromatic N) is 1. The summed E-state index contributed by atoms with van der Waals surface area (Å²) >= 11 is 9.24. The van der Waals surface area contributed by atoms with Gasteiger partial charge in [0.2, 0.25) is 11.8 Å². The average Bonchev–Trinajstić information content (AvgIpc) is 3.72. The molecule has 7 atom stereocenters. The number of aromatic amines is 1. The zero-order valence-electron chi connectivity index (χ0n) is 24.2. The number of aromatic nitrogens is 1. The molecule has 7 rings (SSSR count). The van der Waals surface area contributed by atoms with Crippen molar-refractivity contribution in [3.63, 3.8) is 0 Å². The summed E-state index contributed by atoms with van der Waals surface area (Å²) in [4.78, 5) is 68.8. The molecular weight excluding hydrogens is 638 g/mol. The van der Waals surface area contributed by atoms with E-state index < -0.39 is 17.8 Å². The second-order valence-electron chi connectivity index (χ2n) is 12.2. The van der Waals surface area contributed by atoms with Crippen LogP contribution in [-0.2, 0) is 19.2 Å². The van der Waals surface area contributed by atoms with E-state index >= 15 is 0 Å². The van der Waals surface area contributed by atoms with E-state index in [1.54, 1.807) is 30.0 Å². The van der Waals surface area contributed by atoms with Gasteiger partial charge in [0.05, 0.1) is 16.9 Å². The number of thiazole rings is 1. The number of thioether (sulfide) groups is 1. The minimum absolute atomic E-state index is 0.0360. The Kier molecular flexibility index (Phi) is 7.77. The van der Waals surface area contributed by atoms with Crippen LogP contribution in [0.1, 0.15) is 41.2 Å². The maximum atomic E-state index is 13.7. The molecule has 4 aliphatic rings. The van der Waals surface area contributed by atoms with Gasteiger partial charge < -0.3 is 20.1 Å². The Morgan fingerprint density at radius 1 is 1.11 bits per heavy atom. The lowest BCUT2D eigenvalue weighted by Gasteiger charge is -2.43. The van der Waals surface area contributed by atoms with E-state index in [1.165, 1.54) is 4.90 Å².